The van der Waals surface area contributed by atoms with E-state index < -0.39 is 0 Å². The molecule has 0 aliphatic carbocycles. The van der Waals surface area contributed by atoms with Crippen LogP contribution in [0.2, 0.25) is 0 Å². The van der Waals surface area contributed by atoms with Crippen molar-refractivity contribution >= 4 is 29.2 Å². The second kappa shape index (κ2) is 8.77. The third kappa shape index (κ3) is 4.23. The number of rotatable bonds is 7. The van der Waals surface area contributed by atoms with Crippen molar-refractivity contribution in [3.8, 4) is 0 Å². The number of amides is 4. The fourth-order valence-corrected chi connectivity index (χ4v) is 3.46. The number of nitrogens with one attached hydrogen (secondary N) is 2. The van der Waals surface area contributed by atoms with Crippen molar-refractivity contribution in [1.29, 1.82) is 0 Å². The number of nitrogens with zero attached hydrogens (tertiary/aromatic N) is 2. The van der Waals surface area contributed by atoms with Crippen LogP contribution in [0.1, 0.15) is 40.1 Å². The minimum absolute atomic E-state index is 0.125. The lowest BCUT2D eigenvalue weighted by atomic mass is 10.1. The van der Waals surface area contributed by atoms with Gasteiger partial charge in [0.25, 0.3) is 11.8 Å². The van der Waals surface area contributed by atoms with Gasteiger partial charge >= 0.3 is 6.03 Å². The van der Waals surface area contributed by atoms with Crippen molar-refractivity contribution < 1.29 is 14.4 Å². The maximum Gasteiger partial charge on any atom is 0.319 e. The monoisotopic (exact) mass is 394 g/mol. The van der Waals surface area contributed by atoms with Crippen LogP contribution in [0.25, 0.3) is 0 Å². The van der Waals surface area contributed by atoms with Crippen molar-refractivity contribution in [2.24, 2.45) is 0 Å². The molecule has 0 atom stereocenters. The maximum atomic E-state index is 12.3. The molecule has 2 aromatic carbocycles. The summed E-state index contributed by atoms with van der Waals surface area (Å²) in [5.41, 5.74) is 3.62. The first-order valence-electron chi connectivity index (χ1n) is 9.82. The van der Waals surface area contributed by atoms with E-state index in [2.05, 4.69) is 29.4 Å². The van der Waals surface area contributed by atoms with E-state index in [0.29, 0.717) is 11.1 Å². The van der Waals surface area contributed by atoms with Gasteiger partial charge in [-0.15, -0.1) is 0 Å². The summed E-state index contributed by atoms with van der Waals surface area (Å²) in [6.07, 6.45) is 0. The van der Waals surface area contributed by atoms with Gasteiger partial charge in [0.15, 0.2) is 0 Å². The summed E-state index contributed by atoms with van der Waals surface area (Å²) in [4.78, 5) is 40.3. The number of imide groups is 1. The van der Waals surface area contributed by atoms with E-state index in [0.717, 1.165) is 34.9 Å². The summed E-state index contributed by atoms with van der Waals surface area (Å²) >= 11 is 0. The van der Waals surface area contributed by atoms with Crippen LogP contribution in [0.5, 0.6) is 0 Å². The van der Waals surface area contributed by atoms with Crippen LogP contribution in [0, 0.1) is 6.92 Å². The Hall–Kier alpha value is -3.35. The van der Waals surface area contributed by atoms with Crippen LogP contribution in [0.15, 0.2) is 42.5 Å². The first-order valence-corrected chi connectivity index (χ1v) is 9.82. The first-order chi connectivity index (χ1) is 14.0. The highest BCUT2D eigenvalue weighted by Gasteiger charge is 2.34. The largest absolute Gasteiger partial charge is 0.372 e. The topological polar surface area (TPSA) is 81.8 Å². The van der Waals surface area contributed by atoms with Crippen LogP contribution in [-0.4, -0.2) is 48.9 Å². The maximum absolute atomic E-state index is 12.3. The Morgan fingerprint density at radius 3 is 2.17 bits per heavy atom. The quantitative estimate of drug-likeness (QED) is 0.707. The second-order valence-corrected chi connectivity index (χ2v) is 6.86. The van der Waals surface area contributed by atoms with Gasteiger partial charge in [0.1, 0.15) is 0 Å². The summed E-state index contributed by atoms with van der Waals surface area (Å²) in [6, 6.07) is 12.3. The predicted molar refractivity (Wildman–Crippen MR) is 114 cm³/mol. The molecule has 2 aromatic rings. The van der Waals surface area contributed by atoms with Crippen LogP contribution in [-0.2, 0) is 0 Å². The number of hydrogen-bond donors (Lipinski definition) is 2. The molecule has 4 amide bonds. The lowest BCUT2D eigenvalue weighted by molar-refractivity contribution is 0.0656. The minimum atomic E-state index is -0.375. The molecule has 0 unspecified atom stereocenters. The standard InChI is InChI=1S/C22H26N4O3/c1-4-25(5-2)16-10-11-19(15(3)14-16)24-22(29)23-12-13-26-20(27)17-8-6-7-9-18(17)21(26)28/h6-11,14H,4-5,12-13H2,1-3H3,(H2,23,24,29). The third-order valence-corrected chi connectivity index (χ3v) is 5.09. The number of urea groups is 1. The average Bonchev–Trinajstić information content (AvgIpc) is 2.96. The van der Waals surface area contributed by atoms with E-state index in [1.54, 1.807) is 24.3 Å². The second-order valence-electron chi connectivity index (χ2n) is 6.86. The fraction of sp³-hybridized carbons (Fsp3) is 0.318. The Kier molecular flexibility index (Phi) is 6.16. The van der Waals surface area contributed by atoms with Gasteiger partial charge < -0.3 is 15.5 Å². The molecule has 0 saturated heterocycles. The SMILES string of the molecule is CCN(CC)c1ccc(NC(=O)NCCN2C(=O)c3ccccc3C2=O)c(C)c1. The third-order valence-electron chi connectivity index (χ3n) is 5.09. The minimum Gasteiger partial charge on any atom is -0.372 e. The molecule has 1 aliphatic rings. The van der Waals surface area contributed by atoms with Crippen molar-refractivity contribution in [3.05, 3.63) is 59.2 Å². The Balaban J connectivity index is 1.53. The predicted octanol–water partition coefficient (Wildman–Crippen LogP) is 3.26. The van der Waals surface area contributed by atoms with Gasteiger partial charge in [0.05, 0.1) is 11.1 Å². The summed E-state index contributed by atoms with van der Waals surface area (Å²) in [7, 11) is 0. The highest BCUT2D eigenvalue weighted by Crippen LogP contribution is 2.23. The fourth-order valence-electron chi connectivity index (χ4n) is 3.46. The number of fused-ring (bicyclic) bond motifs is 1. The molecule has 3 rings (SSSR count). The first kappa shape index (κ1) is 20.4. The molecule has 0 fully saturated rings. The van der Waals surface area contributed by atoms with Gasteiger partial charge in [-0.1, -0.05) is 12.1 Å². The van der Waals surface area contributed by atoms with Crippen molar-refractivity contribution in [3.63, 3.8) is 0 Å². The number of benzene rings is 2. The summed E-state index contributed by atoms with van der Waals surface area (Å²) < 4.78 is 0. The molecule has 7 nitrogen and oxygen atoms in total. The lowest BCUT2D eigenvalue weighted by Gasteiger charge is -2.22. The van der Waals surface area contributed by atoms with Gasteiger partial charge in [0.2, 0.25) is 0 Å². The van der Waals surface area contributed by atoms with E-state index in [4.69, 9.17) is 0 Å². The molecule has 2 N–H and O–H groups in total. The van der Waals surface area contributed by atoms with E-state index in [1.165, 1.54) is 0 Å². The van der Waals surface area contributed by atoms with Crippen LogP contribution in [0.3, 0.4) is 0 Å². The Bertz CT molecular complexity index is 902. The van der Waals surface area contributed by atoms with Gasteiger partial charge in [0, 0.05) is 37.6 Å². The molecule has 0 saturated carbocycles. The molecular weight excluding hydrogens is 368 g/mol. The molecule has 0 aromatic heterocycles. The molecule has 7 heteroatoms. The normalized spacial score (nSPS) is 12.7. The zero-order valence-corrected chi connectivity index (χ0v) is 17.0. The van der Waals surface area contributed by atoms with Crippen molar-refractivity contribution in [1.82, 2.24) is 10.2 Å². The smallest absolute Gasteiger partial charge is 0.319 e. The van der Waals surface area contributed by atoms with Gasteiger partial charge in [-0.3, -0.25) is 14.5 Å². The molecule has 0 spiro atoms. The van der Waals surface area contributed by atoms with Crippen molar-refractivity contribution in [2.45, 2.75) is 20.8 Å². The Morgan fingerprint density at radius 2 is 1.62 bits per heavy atom. The van der Waals surface area contributed by atoms with Gasteiger partial charge in [-0.25, -0.2) is 4.79 Å². The number of anilines is 2. The molecule has 1 aliphatic heterocycles. The molecule has 1 heterocycles. The lowest BCUT2D eigenvalue weighted by Crippen LogP contribution is -2.39. The molecular formula is C22H26N4O3. The molecule has 29 heavy (non-hydrogen) atoms. The number of carbonyl (C=O) groups is 3. The van der Waals surface area contributed by atoms with E-state index in [1.807, 2.05) is 25.1 Å². The van der Waals surface area contributed by atoms with Gasteiger partial charge in [-0.05, 0) is 56.7 Å². The van der Waals surface area contributed by atoms with Crippen LogP contribution < -0.4 is 15.5 Å². The van der Waals surface area contributed by atoms with Crippen LogP contribution in [0.4, 0.5) is 16.2 Å². The molecule has 0 radical (unpaired) electrons. The van der Waals surface area contributed by atoms with Crippen molar-refractivity contribution in [2.75, 3.05) is 36.4 Å². The van der Waals surface area contributed by atoms with Gasteiger partial charge in [-0.2, -0.15) is 0 Å². The molecule has 152 valence electrons. The number of hydrogen-bond acceptors (Lipinski definition) is 4. The zero-order valence-electron chi connectivity index (χ0n) is 17.0. The van der Waals surface area contributed by atoms with Crippen LogP contribution >= 0.6 is 0 Å². The molecule has 0 bridgehead atoms. The summed E-state index contributed by atoms with van der Waals surface area (Å²) in [6.45, 7) is 8.29. The Morgan fingerprint density at radius 1 is 1.00 bits per heavy atom. The van der Waals surface area contributed by atoms with E-state index in [9.17, 15) is 14.4 Å². The van der Waals surface area contributed by atoms with E-state index >= 15 is 0 Å². The Labute approximate surface area is 170 Å². The number of aryl methyl sites for hydroxylation is 1. The average molecular weight is 394 g/mol. The number of carbonyl (C=O) groups excluding carboxylic acids is 3. The summed E-state index contributed by atoms with van der Waals surface area (Å²) in [5.74, 6) is -0.647. The highest BCUT2D eigenvalue weighted by molar-refractivity contribution is 6.21. The highest BCUT2D eigenvalue weighted by atomic mass is 16.2. The summed E-state index contributed by atoms with van der Waals surface area (Å²) in [5, 5.41) is 5.53. The zero-order chi connectivity index (χ0) is 21.0. The van der Waals surface area contributed by atoms with E-state index in [-0.39, 0.29) is 30.9 Å².